The van der Waals surface area contributed by atoms with Gasteiger partial charge in [-0.2, -0.15) is 18.3 Å². The lowest BCUT2D eigenvalue weighted by Gasteiger charge is -2.39. The fraction of sp³-hybridized carbons (Fsp3) is 0.400. The standard InChI is InChI=1S/C30H30ClF5N10O4/c31-21-13-18(1-2-19(21)27(48)43-9-11-44(12-10-43)29(50-17-47)28(49)42-6-3-37-4-7-42)40-25-26-39-14-22(46(26)8-5-38-25)20-15-45(16-23(32)33)41-24(20)30(34,35)36/h1-2,5,8,13-15,17,23,29,37H,3-4,6-7,9-12,16H2,(H,38,40). The highest BCUT2D eigenvalue weighted by atomic mass is 35.5. The van der Waals surface area contributed by atoms with Crippen LogP contribution in [0, 0.1) is 0 Å². The van der Waals surface area contributed by atoms with Crippen molar-refractivity contribution in [2.24, 2.45) is 0 Å². The van der Waals surface area contributed by atoms with Crippen LogP contribution < -0.4 is 10.6 Å². The summed E-state index contributed by atoms with van der Waals surface area (Å²) in [6, 6.07) is 4.56. The van der Waals surface area contributed by atoms with Gasteiger partial charge in [0.1, 0.15) is 6.54 Å². The number of hydrogen-bond acceptors (Lipinski definition) is 10. The van der Waals surface area contributed by atoms with Crippen molar-refractivity contribution in [2.75, 3.05) is 57.7 Å². The number of nitrogens with one attached hydrogen (secondary N) is 2. The Morgan fingerprint density at radius 3 is 2.46 bits per heavy atom. The highest BCUT2D eigenvalue weighted by Crippen LogP contribution is 2.37. The van der Waals surface area contributed by atoms with Crippen molar-refractivity contribution in [1.82, 2.24) is 44.2 Å². The molecule has 1 atom stereocenters. The molecular weight excluding hydrogens is 695 g/mol. The first kappa shape index (κ1) is 35.0. The number of anilines is 2. The van der Waals surface area contributed by atoms with E-state index in [-0.39, 0.29) is 72.2 Å². The molecule has 0 bridgehead atoms. The molecule has 266 valence electrons. The molecule has 1 unspecified atom stereocenters. The highest BCUT2D eigenvalue weighted by molar-refractivity contribution is 6.34. The van der Waals surface area contributed by atoms with Crippen LogP contribution in [0.4, 0.5) is 33.5 Å². The van der Waals surface area contributed by atoms with Gasteiger partial charge in [0.15, 0.2) is 17.2 Å². The van der Waals surface area contributed by atoms with Crippen LogP contribution in [-0.2, 0) is 27.0 Å². The summed E-state index contributed by atoms with van der Waals surface area (Å²) in [4.78, 5) is 51.0. The Morgan fingerprint density at radius 2 is 1.80 bits per heavy atom. The molecule has 0 saturated carbocycles. The van der Waals surface area contributed by atoms with E-state index in [1.54, 1.807) is 20.8 Å². The number of rotatable bonds is 10. The number of alkyl halides is 5. The molecule has 20 heteroatoms. The zero-order valence-corrected chi connectivity index (χ0v) is 26.9. The van der Waals surface area contributed by atoms with Crippen LogP contribution in [0.1, 0.15) is 16.1 Å². The maximum atomic E-state index is 13.8. The summed E-state index contributed by atoms with van der Waals surface area (Å²) < 4.78 is 74.2. The van der Waals surface area contributed by atoms with Gasteiger partial charge in [-0.05, 0) is 18.2 Å². The molecule has 1 aromatic carbocycles. The van der Waals surface area contributed by atoms with Gasteiger partial charge < -0.3 is 25.2 Å². The lowest BCUT2D eigenvalue weighted by Crippen LogP contribution is -2.59. The molecule has 0 aliphatic carbocycles. The second-order valence-electron chi connectivity index (χ2n) is 11.4. The highest BCUT2D eigenvalue weighted by Gasteiger charge is 2.39. The van der Waals surface area contributed by atoms with Gasteiger partial charge in [-0.3, -0.25) is 28.4 Å². The number of piperazine rings is 2. The Labute approximate surface area is 285 Å². The van der Waals surface area contributed by atoms with E-state index >= 15 is 0 Å². The average Bonchev–Trinajstić information content (AvgIpc) is 3.72. The van der Waals surface area contributed by atoms with Crippen LogP contribution in [-0.4, -0.2) is 122 Å². The van der Waals surface area contributed by atoms with Gasteiger partial charge in [-0.15, -0.1) is 0 Å². The van der Waals surface area contributed by atoms with Gasteiger partial charge in [-0.1, -0.05) is 11.6 Å². The third kappa shape index (κ3) is 7.34. The van der Waals surface area contributed by atoms with Crippen LogP contribution in [0.2, 0.25) is 5.02 Å². The van der Waals surface area contributed by atoms with Gasteiger partial charge in [0.2, 0.25) is 6.23 Å². The van der Waals surface area contributed by atoms with E-state index in [0.717, 1.165) is 12.4 Å². The molecule has 2 fully saturated rings. The van der Waals surface area contributed by atoms with E-state index in [4.69, 9.17) is 16.3 Å². The lowest BCUT2D eigenvalue weighted by molar-refractivity contribution is -0.166. The van der Waals surface area contributed by atoms with Gasteiger partial charge in [0.05, 0.1) is 28.0 Å². The number of ether oxygens (including phenoxy) is 1. The second kappa shape index (κ2) is 14.5. The molecule has 2 saturated heterocycles. The minimum absolute atomic E-state index is 0.0467. The summed E-state index contributed by atoms with van der Waals surface area (Å²) in [7, 11) is 0. The van der Waals surface area contributed by atoms with E-state index in [1.165, 1.54) is 28.9 Å². The minimum Gasteiger partial charge on any atom is -0.439 e. The Morgan fingerprint density at radius 1 is 1.06 bits per heavy atom. The molecule has 4 aromatic rings. The molecule has 2 amide bonds. The molecule has 0 spiro atoms. The number of halogens is 6. The van der Waals surface area contributed by atoms with E-state index in [9.17, 15) is 36.3 Å². The van der Waals surface area contributed by atoms with Crippen molar-refractivity contribution in [3.63, 3.8) is 0 Å². The first-order chi connectivity index (χ1) is 23.9. The summed E-state index contributed by atoms with van der Waals surface area (Å²) in [6.07, 6.45) is -4.17. The number of aromatic nitrogens is 5. The molecule has 14 nitrogen and oxygen atoms in total. The molecule has 50 heavy (non-hydrogen) atoms. The molecule has 6 rings (SSSR count). The number of benzene rings is 1. The number of hydrogen-bond donors (Lipinski definition) is 2. The maximum absolute atomic E-state index is 13.8. The number of amides is 2. The fourth-order valence-electron chi connectivity index (χ4n) is 5.89. The summed E-state index contributed by atoms with van der Waals surface area (Å²) in [5.41, 5.74) is -1.10. The quantitative estimate of drug-likeness (QED) is 0.185. The third-order valence-corrected chi connectivity index (χ3v) is 8.59. The Balaban J connectivity index is 1.15. The van der Waals surface area contributed by atoms with E-state index in [1.807, 2.05) is 0 Å². The molecular formula is C30H30ClF5N10O4. The minimum atomic E-state index is -4.92. The van der Waals surface area contributed by atoms with Gasteiger partial charge in [0.25, 0.3) is 24.7 Å². The Kier molecular flexibility index (Phi) is 10.2. The first-order valence-electron chi connectivity index (χ1n) is 15.4. The smallest absolute Gasteiger partial charge is 0.435 e. The summed E-state index contributed by atoms with van der Waals surface area (Å²) in [5, 5.41) is 9.62. The molecule has 2 aliphatic rings. The van der Waals surface area contributed by atoms with E-state index < -0.39 is 36.6 Å². The SMILES string of the molecule is O=COC(C(=O)N1CCNCC1)N1CCN(C(=O)c2ccc(Nc3nccn4c(-c5cn(CC(F)F)nc5C(F)(F)F)cnc34)cc2Cl)CC1. The van der Waals surface area contributed by atoms with Gasteiger partial charge >= 0.3 is 6.18 Å². The number of carbonyl (C=O) groups is 3. The van der Waals surface area contributed by atoms with Gasteiger partial charge in [-0.25, -0.2) is 18.7 Å². The zero-order chi connectivity index (χ0) is 35.6. The zero-order valence-electron chi connectivity index (χ0n) is 26.1. The van der Waals surface area contributed by atoms with Gasteiger partial charge in [0, 0.05) is 76.6 Å². The molecule has 3 aromatic heterocycles. The number of imidazole rings is 1. The van der Waals surface area contributed by atoms with Crippen LogP contribution >= 0.6 is 11.6 Å². The van der Waals surface area contributed by atoms with E-state index in [2.05, 4.69) is 25.7 Å². The second-order valence-corrected chi connectivity index (χ2v) is 11.8. The molecule has 5 heterocycles. The monoisotopic (exact) mass is 724 g/mol. The van der Waals surface area contributed by atoms with Crippen LogP contribution in [0.15, 0.2) is 43.0 Å². The largest absolute Gasteiger partial charge is 0.439 e. The van der Waals surface area contributed by atoms with Crippen molar-refractivity contribution in [3.8, 4) is 11.3 Å². The average molecular weight is 725 g/mol. The summed E-state index contributed by atoms with van der Waals surface area (Å²) >= 11 is 6.54. The van der Waals surface area contributed by atoms with Crippen LogP contribution in [0.25, 0.3) is 16.9 Å². The van der Waals surface area contributed by atoms with Crippen molar-refractivity contribution >= 4 is 47.0 Å². The molecule has 0 radical (unpaired) electrons. The molecule has 2 aliphatic heterocycles. The van der Waals surface area contributed by atoms with Crippen LogP contribution in [0.3, 0.4) is 0 Å². The number of carbonyl (C=O) groups excluding carboxylic acids is 3. The maximum Gasteiger partial charge on any atom is 0.435 e. The van der Waals surface area contributed by atoms with Crippen LogP contribution in [0.5, 0.6) is 0 Å². The predicted molar refractivity (Wildman–Crippen MR) is 168 cm³/mol. The Hall–Kier alpha value is -4.88. The summed E-state index contributed by atoms with van der Waals surface area (Å²) in [6.45, 7) is 2.54. The topological polar surface area (TPSA) is 142 Å². The fourth-order valence-corrected chi connectivity index (χ4v) is 6.15. The third-order valence-electron chi connectivity index (χ3n) is 8.28. The summed E-state index contributed by atoms with van der Waals surface area (Å²) in [5.74, 6) is -0.525. The number of nitrogens with zero attached hydrogens (tertiary/aromatic N) is 8. The first-order valence-corrected chi connectivity index (χ1v) is 15.8. The van der Waals surface area contributed by atoms with Crippen molar-refractivity contribution in [1.29, 1.82) is 0 Å². The Bertz CT molecular complexity index is 1870. The predicted octanol–water partition coefficient (Wildman–Crippen LogP) is 2.96. The van der Waals surface area contributed by atoms with Crippen molar-refractivity contribution in [3.05, 3.63) is 59.3 Å². The normalized spacial score (nSPS) is 16.5. The number of fused-ring (bicyclic) bond motifs is 1. The lowest BCUT2D eigenvalue weighted by atomic mass is 10.1. The van der Waals surface area contributed by atoms with Crippen molar-refractivity contribution in [2.45, 2.75) is 25.4 Å². The molecule has 2 N–H and O–H groups in total. The van der Waals surface area contributed by atoms with Crippen molar-refractivity contribution < 1.29 is 41.1 Å². The van der Waals surface area contributed by atoms with E-state index in [0.29, 0.717) is 36.5 Å².